The first-order valence-corrected chi connectivity index (χ1v) is 2.50. The molecule has 0 amide bonds. The molecule has 1 aromatic rings. The Hall–Kier alpha value is -1.49. The number of hydrogen-bond donors (Lipinski definition) is 0. The molecule has 0 aromatic heterocycles. The summed E-state index contributed by atoms with van der Waals surface area (Å²) in [6.45, 7) is 0. The Morgan fingerprint density at radius 1 is 1.44 bits per heavy atom. The topological polar surface area (TPSA) is 46.8 Å². The Morgan fingerprint density at radius 2 is 2.22 bits per heavy atom. The van der Waals surface area contributed by atoms with Crippen molar-refractivity contribution in [3.05, 3.63) is 29.8 Å². The fourth-order valence-corrected chi connectivity index (χ4v) is 0.566. The van der Waals surface area contributed by atoms with E-state index in [-0.39, 0.29) is 5.75 Å². The van der Waals surface area contributed by atoms with Crippen LogP contribution < -0.4 is 5.11 Å². The molecule has 9 heavy (non-hydrogen) atoms. The zero-order chi connectivity index (χ0) is 6.69. The molecule has 2 heteroatoms. The Labute approximate surface area is 53.0 Å². The van der Waals surface area contributed by atoms with Gasteiger partial charge in [0, 0.05) is 0 Å². The molecule has 0 aliphatic heterocycles. The summed E-state index contributed by atoms with van der Waals surface area (Å²) < 4.78 is 0. The highest BCUT2D eigenvalue weighted by atomic mass is 16.3. The van der Waals surface area contributed by atoms with Crippen molar-refractivity contribution in [2.24, 2.45) is 0 Å². The molecule has 0 unspecified atom stereocenters. The highest BCUT2D eigenvalue weighted by molar-refractivity contribution is 5.34. The first kappa shape index (κ1) is 5.64. The number of rotatable bonds is 0. The SMILES string of the molecule is N#Cc1cccc([O-])c1. The third kappa shape index (κ3) is 1.20. The Kier molecular flexibility index (Phi) is 1.37. The smallest absolute Gasteiger partial charge is 0.0991 e. The second kappa shape index (κ2) is 2.19. The first-order chi connectivity index (χ1) is 4.33. The molecule has 0 saturated carbocycles. The summed E-state index contributed by atoms with van der Waals surface area (Å²) in [5.41, 5.74) is 0.419. The third-order valence-electron chi connectivity index (χ3n) is 0.963. The van der Waals surface area contributed by atoms with Gasteiger partial charge in [0.1, 0.15) is 0 Å². The van der Waals surface area contributed by atoms with Crippen LogP contribution in [-0.2, 0) is 0 Å². The molecule has 0 spiro atoms. The van der Waals surface area contributed by atoms with Crippen LogP contribution in [0, 0.1) is 11.3 Å². The molecule has 0 atom stereocenters. The fourth-order valence-electron chi connectivity index (χ4n) is 0.566. The van der Waals surface area contributed by atoms with Crippen LogP contribution in [0.3, 0.4) is 0 Å². The molecule has 1 rings (SSSR count). The standard InChI is InChI=1S/C7H5NO/c8-5-6-2-1-3-7(9)4-6/h1-4,9H/p-1. The van der Waals surface area contributed by atoms with Gasteiger partial charge in [0.05, 0.1) is 11.6 Å². The van der Waals surface area contributed by atoms with Crippen LogP contribution in [0.2, 0.25) is 0 Å². The summed E-state index contributed by atoms with van der Waals surface area (Å²) in [5.74, 6) is -0.117. The maximum atomic E-state index is 10.5. The minimum Gasteiger partial charge on any atom is -0.872 e. The van der Waals surface area contributed by atoms with Crippen LogP contribution in [0.5, 0.6) is 5.75 Å². The van der Waals surface area contributed by atoms with Crippen LogP contribution >= 0.6 is 0 Å². The van der Waals surface area contributed by atoms with E-state index in [2.05, 4.69) is 0 Å². The van der Waals surface area contributed by atoms with Crippen molar-refractivity contribution in [3.63, 3.8) is 0 Å². The minimum absolute atomic E-state index is 0.117. The third-order valence-corrected chi connectivity index (χ3v) is 0.963. The molecule has 1 aromatic carbocycles. The highest BCUT2D eigenvalue weighted by Crippen LogP contribution is 2.05. The maximum absolute atomic E-state index is 10.5. The summed E-state index contributed by atoms with van der Waals surface area (Å²) in [4.78, 5) is 0. The van der Waals surface area contributed by atoms with E-state index in [9.17, 15) is 5.11 Å². The second-order valence-corrected chi connectivity index (χ2v) is 1.64. The number of nitrogens with zero attached hydrogens (tertiary/aromatic N) is 1. The summed E-state index contributed by atoms with van der Waals surface area (Å²) in [6.07, 6.45) is 0. The van der Waals surface area contributed by atoms with Crippen molar-refractivity contribution in [1.29, 1.82) is 5.26 Å². The van der Waals surface area contributed by atoms with Crippen molar-refractivity contribution in [1.82, 2.24) is 0 Å². The highest BCUT2D eigenvalue weighted by Gasteiger charge is 1.82. The van der Waals surface area contributed by atoms with Gasteiger partial charge >= 0.3 is 0 Å². The van der Waals surface area contributed by atoms with Crippen molar-refractivity contribution >= 4 is 0 Å². The van der Waals surface area contributed by atoms with Crippen molar-refractivity contribution < 1.29 is 5.11 Å². The second-order valence-electron chi connectivity index (χ2n) is 1.64. The van der Waals surface area contributed by atoms with Crippen LogP contribution in [0.4, 0.5) is 0 Å². The summed E-state index contributed by atoms with van der Waals surface area (Å²) >= 11 is 0. The summed E-state index contributed by atoms with van der Waals surface area (Å²) in [5, 5.41) is 18.8. The lowest BCUT2D eigenvalue weighted by Crippen LogP contribution is -1.88. The molecular weight excluding hydrogens is 114 g/mol. The Bertz CT molecular complexity index is 249. The molecule has 44 valence electrons. The maximum Gasteiger partial charge on any atom is 0.0991 e. The van der Waals surface area contributed by atoms with Crippen LogP contribution in [0.1, 0.15) is 5.56 Å². The average Bonchev–Trinajstić information content (AvgIpc) is 1.88. The van der Waals surface area contributed by atoms with Crippen molar-refractivity contribution in [2.45, 2.75) is 0 Å². The molecule has 0 fully saturated rings. The lowest BCUT2D eigenvalue weighted by Gasteiger charge is -2.01. The van der Waals surface area contributed by atoms with Gasteiger partial charge in [-0.15, -0.1) is 5.75 Å². The van der Waals surface area contributed by atoms with E-state index in [0.717, 1.165) is 0 Å². The van der Waals surface area contributed by atoms with Gasteiger partial charge in [-0.2, -0.15) is 5.26 Å². The number of nitriles is 1. The lowest BCUT2D eigenvalue weighted by atomic mass is 10.2. The van der Waals surface area contributed by atoms with Gasteiger partial charge in [-0.3, -0.25) is 0 Å². The molecule has 2 nitrogen and oxygen atoms in total. The van der Waals surface area contributed by atoms with Gasteiger partial charge in [0.2, 0.25) is 0 Å². The lowest BCUT2D eigenvalue weighted by molar-refractivity contribution is -0.268. The molecular formula is C7H4NO-. The van der Waals surface area contributed by atoms with Gasteiger partial charge in [-0.25, -0.2) is 0 Å². The van der Waals surface area contributed by atoms with E-state index in [1.807, 2.05) is 6.07 Å². The van der Waals surface area contributed by atoms with Gasteiger partial charge in [0.15, 0.2) is 0 Å². The van der Waals surface area contributed by atoms with Crippen LogP contribution in [0.25, 0.3) is 0 Å². The summed E-state index contributed by atoms with van der Waals surface area (Å²) in [7, 11) is 0. The molecule has 0 radical (unpaired) electrons. The normalized spacial score (nSPS) is 8.33. The zero-order valence-corrected chi connectivity index (χ0v) is 4.66. The Balaban J connectivity index is 3.12. The van der Waals surface area contributed by atoms with Gasteiger partial charge in [-0.05, 0) is 6.07 Å². The quantitative estimate of drug-likeness (QED) is 0.501. The number of benzene rings is 1. The average molecular weight is 118 g/mol. The van der Waals surface area contributed by atoms with E-state index < -0.39 is 0 Å². The summed E-state index contributed by atoms with van der Waals surface area (Å²) in [6, 6.07) is 7.76. The number of hydrogen-bond acceptors (Lipinski definition) is 2. The van der Waals surface area contributed by atoms with Crippen molar-refractivity contribution in [2.75, 3.05) is 0 Å². The van der Waals surface area contributed by atoms with Gasteiger partial charge in [-0.1, -0.05) is 18.2 Å². The zero-order valence-electron chi connectivity index (χ0n) is 4.66. The van der Waals surface area contributed by atoms with E-state index >= 15 is 0 Å². The fraction of sp³-hybridized carbons (Fsp3) is 0. The molecule has 0 saturated heterocycles. The molecule has 0 heterocycles. The van der Waals surface area contributed by atoms with Crippen LogP contribution in [0.15, 0.2) is 24.3 Å². The van der Waals surface area contributed by atoms with Gasteiger partial charge in [0.25, 0.3) is 0 Å². The van der Waals surface area contributed by atoms with Crippen molar-refractivity contribution in [3.8, 4) is 11.8 Å². The predicted molar refractivity (Wildman–Crippen MR) is 30.6 cm³/mol. The van der Waals surface area contributed by atoms with E-state index in [0.29, 0.717) is 5.56 Å². The van der Waals surface area contributed by atoms with Gasteiger partial charge < -0.3 is 5.11 Å². The minimum atomic E-state index is -0.117. The molecule has 0 aliphatic carbocycles. The van der Waals surface area contributed by atoms with Crippen LogP contribution in [-0.4, -0.2) is 0 Å². The Morgan fingerprint density at radius 3 is 2.67 bits per heavy atom. The molecule has 0 bridgehead atoms. The first-order valence-electron chi connectivity index (χ1n) is 2.50. The largest absolute Gasteiger partial charge is 0.872 e. The van der Waals surface area contributed by atoms with E-state index in [1.54, 1.807) is 12.1 Å². The molecule has 0 N–H and O–H groups in total. The predicted octanol–water partition coefficient (Wildman–Crippen LogP) is 0.632. The van der Waals surface area contributed by atoms with E-state index in [1.165, 1.54) is 12.1 Å². The monoisotopic (exact) mass is 118 g/mol. The molecule has 0 aliphatic rings. The van der Waals surface area contributed by atoms with E-state index in [4.69, 9.17) is 5.26 Å².